The monoisotopic (exact) mass is 341 g/mol. The van der Waals surface area contributed by atoms with Crippen molar-refractivity contribution in [2.24, 2.45) is 0 Å². The molecule has 0 amide bonds. The van der Waals surface area contributed by atoms with Gasteiger partial charge in [0.2, 0.25) is 0 Å². The maximum Gasteiger partial charge on any atom is 0.251 e. The van der Waals surface area contributed by atoms with Crippen molar-refractivity contribution in [2.45, 2.75) is 24.4 Å². The lowest BCUT2D eigenvalue weighted by Gasteiger charge is -2.23. The van der Waals surface area contributed by atoms with Crippen LogP contribution < -0.4 is 10.5 Å². The Morgan fingerprint density at radius 2 is 2.08 bits per heavy atom. The first-order valence-corrected chi connectivity index (χ1v) is 8.64. The minimum absolute atomic E-state index is 0.00534. The normalized spacial score (nSPS) is 17.1. The van der Waals surface area contributed by atoms with E-state index in [1.54, 1.807) is 6.08 Å². The van der Waals surface area contributed by atoms with Gasteiger partial charge in [-0.3, -0.25) is 9.59 Å². The first-order chi connectivity index (χ1) is 11.4. The predicted octanol–water partition coefficient (Wildman–Crippen LogP) is 2.74. The number of anilines is 1. The summed E-state index contributed by atoms with van der Waals surface area (Å²) < 4.78 is 0. The van der Waals surface area contributed by atoms with E-state index in [9.17, 15) is 9.59 Å². The molecule has 124 valence electrons. The van der Waals surface area contributed by atoms with Crippen LogP contribution in [-0.4, -0.2) is 28.6 Å². The Morgan fingerprint density at radius 3 is 2.79 bits per heavy atom. The Kier molecular flexibility index (Phi) is 4.32. The van der Waals surface area contributed by atoms with Crippen molar-refractivity contribution in [1.29, 1.82) is 0 Å². The lowest BCUT2D eigenvalue weighted by atomic mass is 9.83. The highest BCUT2D eigenvalue weighted by molar-refractivity contribution is 7.99. The van der Waals surface area contributed by atoms with E-state index in [0.29, 0.717) is 5.16 Å². The molecule has 24 heavy (non-hydrogen) atoms. The molecular weight excluding hydrogens is 322 g/mol. The number of hydrogen-bond acceptors (Lipinski definition) is 5. The molecule has 6 heteroatoms. The third-order valence-corrected chi connectivity index (χ3v) is 5.15. The van der Waals surface area contributed by atoms with E-state index < -0.39 is 0 Å². The van der Waals surface area contributed by atoms with Crippen molar-refractivity contribution in [3.63, 3.8) is 0 Å². The maximum absolute atomic E-state index is 12.4. The number of fused-ring (bicyclic) bond motifs is 1. The van der Waals surface area contributed by atoms with Gasteiger partial charge in [0, 0.05) is 42.2 Å². The van der Waals surface area contributed by atoms with Crippen LogP contribution in [0.15, 0.2) is 58.3 Å². The van der Waals surface area contributed by atoms with Crippen LogP contribution in [0.2, 0.25) is 0 Å². The molecule has 5 nitrogen and oxygen atoms in total. The summed E-state index contributed by atoms with van der Waals surface area (Å²) in [7, 11) is 1.98. The number of allylic oxidation sites excluding steroid dienone is 2. The average Bonchev–Trinajstić information content (AvgIpc) is 2.75. The number of nitrogens with one attached hydrogen (secondary N) is 1. The number of likely N-dealkylation sites (N-methyl/N-ethyl adjacent to an activating group) is 1. The standard InChI is InChI=1S/C18H19N3O2S/c1-18(2)13-6-4-5-7-14(13)21(3)15(18)10-12(22)11-24-17-19-9-8-16(23)20-17/h4-10H,11H2,1-3H3,(H,19,20,23)/b15-10-. The number of hydrogen-bond donors (Lipinski definition) is 1. The lowest BCUT2D eigenvalue weighted by Crippen LogP contribution is -2.24. The lowest BCUT2D eigenvalue weighted by molar-refractivity contribution is -0.112. The zero-order chi connectivity index (χ0) is 17.3. The molecule has 2 aromatic rings. The number of para-hydroxylation sites is 1. The summed E-state index contributed by atoms with van der Waals surface area (Å²) in [4.78, 5) is 32.4. The summed E-state index contributed by atoms with van der Waals surface area (Å²) in [6.45, 7) is 4.25. The fourth-order valence-electron chi connectivity index (χ4n) is 3.02. The molecule has 0 bridgehead atoms. The highest BCUT2D eigenvalue weighted by atomic mass is 32.2. The van der Waals surface area contributed by atoms with Gasteiger partial charge >= 0.3 is 0 Å². The molecule has 0 spiro atoms. The second kappa shape index (κ2) is 6.28. The van der Waals surface area contributed by atoms with Gasteiger partial charge in [0.1, 0.15) is 0 Å². The zero-order valence-corrected chi connectivity index (χ0v) is 14.7. The van der Waals surface area contributed by atoms with E-state index in [4.69, 9.17) is 0 Å². The predicted molar refractivity (Wildman–Crippen MR) is 96.5 cm³/mol. The number of nitrogens with zero attached hydrogens (tertiary/aromatic N) is 2. The molecule has 0 aliphatic carbocycles. The Bertz CT molecular complexity index is 870. The number of aromatic nitrogens is 2. The molecule has 1 aromatic carbocycles. The van der Waals surface area contributed by atoms with Crippen LogP contribution in [0, 0.1) is 0 Å². The zero-order valence-electron chi connectivity index (χ0n) is 13.9. The average molecular weight is 341 g/mol. The first kappa shape index (κ1) is 16.5. The molecule has 0 saturated heterocycles. The molecule has 0 atom stereocenters. The SMILES string of the molecule is CN1/C(=C\C(=O)CSc2nccc(=O)[nH]2)C(C)(C)c2ccccc21. The topological polar surface area (TPSA) is 66.1 Å². The third-order valence-electron chi connectivity index (χ3n) is 4.24. The number of thioether (sulfide) groups is 1. The number of H-pyrrole nitrogens is 1. The van der Waals surface area contributed by atoms with Gasteiger partial charge < -0.3 is 9.88 Å². The molecule has 1 aromatic heterocycles. The quantitative estimate of drug-likeness (QED) is 0.526. The van der Waals surface area contributed by atoms with Crippen molar-refractivity contribution >= 4 is 23.2 Å². The Morgan fingerprint density at radius 1 is 1.33 bits per heavy atom. The van der Waals surface area contributed by atoms with Crippen LogP contribution in [0.5, 0.6) is 0 Å². The first-order valence-electron chi connectivity index (χ1n) is 7.66. The number of ketones is 1. The Hall–Kier alpha value is -2.34. The van der Waals surface area contributed by atoms with Gasteiger partial charge in [-0.25, -0.2) is 4.98 Å². The van der Waals surface area contributed by atoms with Crippen molar-refractivity contribution in [3.05, 3.63) is 64.2 Å². The van der Waals surface area contributed by atoms with Crippen LogP contribution in [0.25, 0.3) is 0 Å². The second-order valence-electron chi connectivity index (χ2n) is 6.22. The van der Waals surface area contributed by atoms with E-state index in [1.807, 2.05) is 19.2 Å². The van der Waals surface area contributed by atoms with Crippen LogP contribution in [0.4, 0.5) is 5.69 Å². The Balaban J connectivity index is 1.79. The molecule has 1 aliphatic rings. The van der Waals surface area contributed by atoms with E-state index >= 15 is 0 Å². The minimum Gasteiger partial charge on any atom is -0.347 e. The summed E-state index contributed by atoms with van der Waals surface area (Å²) in [6, 6.07) is 9.54. The molecule has 2 heterocycles. The fraction of sp³-hybridized carbons (Fsp3) is 0.278. The van der Waals surface area contributed by atoms with E-state index in [-0.39, 0.29) is 22.5 Å². The largest absolute Gasteiger partial charge is 0.347 e. The van der Waals surface area contributed by atoms with E-state index in [1.165, 1.54) is 29.6 Å². The minimum atomic E-state index is -0.217. The van der Waals surface area contributed by atoms with Crippen LogP contribution in [0.1, 0.15) is 19.4 Å². The van der Waals surface area contributed by atoms with Crippen molar-refractivity contribution in [1.82, 2.24) is 9.97 Å². The molecule has 1 aliphatic heterocycles. The van der Waals surface area contributed by atoms with Crippen molar-refractivity contribution < 1.29 is 4.79 Å². The summed E-state index contributed by atoms with van der Waals surface area (Å²) in [5, 5.41) is 0.455. The number of carbonyl (C=O) groups excluding carboxylic acids is 1. The summed E-state index contributed by atoms with van der Waals surface area (Å²) in [5.41, 5.74) is 2.89. The summed E-state index contributed by atoms with van der Waals surface area (Å²) in [5.74, 6) is 0.228. The number of rotatable bonds is 4. The Labute approximate surface area is 144 Å². The van der Waals surface area contributed by atoms with Crippen molar-refractivity contribution in [3.8, 4) is 0 Å². The van der Waals surface area contributed by atoms with Gasteiger partial charge in [0.25, 0.3) is 5.56 Å². The van der Waals surface area contributed by atoms with Gasteiger partial charge in [-0.15, -0.1) is 0 Å². The van der Waals surface area contributed by atoms with Crippen LogP contribution in [0.3, 0.4) is 0 Å². The molecule has 3 rings (SSSR count). The summed E-state index contributed by atoms with van der Waals surface area (Å²) in [6.07, 6.45) is 3.14. The maximum atomic E-state index is 12.4. The molecule has 0 radical (unpaired) electrons. The van der Waals surface area contributed by atoms with Gasteiger partial charge in [-0.2, -0.15) is 0 Å². The third kappa shape index (κ3) is 3.01. The van der Waals surface area contributed by atoms with Gasteiger partial charge in [-0.1, -0.05) is 43.8 Å². The highest BCUT2D eigenvalue weighted by Crippen LogP contribution is 2.46. The molecule has 0 unspecified atom stereocenters. The molecule has 1 N–H and O–H groups in total. The van der Waals surface area contributed by atoms with Gasteiger partial charge in [0.05, 0.1) is 5.75 Å². The second-order valence-corrected chi connectivity index (χ2v) is 7.19. The van der Waals surface area contributed by atoms with Crippen molar-refractivity contribution in [2.75, 3.05) is 17.7 Å². The molecule has 0 saturated carbocycles. The number of carbonyl (C=O) groups is 1. The molecule has 0 fully saturated rings. The number of benzene rings is 1. The van der Waals surface area contributed by atoms with Crippen LogP contribution >= 0.6 is 11.8 Å². The van der Waals surface area contributed by atoms with Crippen LogP contribution in [-0.2, 0) is 10.2 Å². The van der Waals surface area contributed by atoms with Gasteiger partial charge in [0.15, 0.2) is 10.9 Å². The van der Waals surface area contributed by atoms with Gasteiger partial charge in [-0.05, 0) is 11.6 Å². The van der Waals surface area contributed by atoms with E-state index in [0.717, 1.165) is 11.4 Å². The fourth-order valence-corrected chi connectivity index (χ4v) is 3.69. The summed E-state index contributed by atoms with van der Waals surface area (Å²) >= 11 is 1.23. The number of aromatic amines is 1. The van der Waals surface area contributed by atoms with E-state index in [2.05, 4.69) is 40.8 Å². The smallest absolute Gasteiger partial charge is 0.251 e. The highest BCUT2D eigenvalue weighted by Gasteiger charge is 2.38. The molecular formula is C18H19N3O2S.